The van der Waals surface area contributed by atoms with Gasteiger partial charge in [0.1, 0.15) is 5.01 Å². The molecule has 4 heterocycles. The Kier molecular flexibility index (Phi) is 7.69. The minimum absolute atomic E-state index is 0.120. The first kappa shape index (κ1) is 24.8. The lowest BCUT2D eigenvalue weighted by molar-refractivity contribution is -0.129. The van der Waals surface area contributed by atoms with Gasteiger partial charge >= 0.3 is 0 Å². The summed E-state index contributed by atoms with van der Waals surface area (Å²) in [5.74, 6) is 0.533. The number of carbonyl (C=O) groups excluding carboxylic acids is 2. The molecule has 1 aliphatic rings. The summed E-state index contributed by atoms with van der Waals surface area (Å²) in [4.78, 5) is 33.6. The molecule has 0 aliphatic carbocycles. The monoisotopic (exact) mass is 515 g/mol. The zero-order chi connectivity index (χ0) is 24.3. The van der Waals surface area contributed by atoms with Crippen molar-refractivity contribution in [3.8, 4) is 0 Å². The van der Waals surface area contributed by atoms with Crippen molar-refractivity contribution in [2.45, 2.75) is 56.8 Å². The predicted molar refractivity (Wildman–Crippen MR) is 139 cm³/mol. The molecule has 0 saturated carbocycles. The smallest absolute Gasteiger partial charge is 0.259 e. The maximum atomic E-state index is 13.1. The van der Waals surface area contributed by atoms with Crippen LogP contribution in [0.3, 0.4) is 0 Å². The van der Waals surface area contributed by atoms with Gasteiger partial charge in [-0.05, 0) is 43.3 Å². The van der Waals surface area contributed by atoms with E-state index in [4.69, 9.17) is 4.98 Å². The highest BCUT2D eigenvalue weighted by atomic mass is 32.2. The van der Waals surface area contributed by atoms with E-state index in [1.807, 2.05) is 35.4 Å². The summed E-state index contributed by atoms with van der Waals surface area (Å²) >= 11 is 4.62. The molecule has 34 heavy (non-hydrogen) atoms. The Balaban J connectivity index is 1.40. The summed E-state index contributed by atoms with van der Waals surface area (Å²) in [5.41, 5.74) is 2.13. The van der Waals surface area contributed by atoms with Crippen molar-refractivity contribution in [3.05, 3.63) is 50.9 Å². The van der Waals surface area contributed by atoms with Gasteiger partial charge in [0.05, 0.1) is 17.0 Å². The fourth-order valence-electron chi connectivity index (χ4n) is 3.79. The van der Waals surface area contributed by atoms with Crippen LogP contribution in [-0.2, 0) is 10.2 Å². The number of rotatable bonds is 6. The summed E-state index contributed by atoms with van der Waals surface area (Å²) in [6, 6.07) is 5.74. The highest BCUT2D eigenvalue weighted by Crippen LogP contribution is 2.32. The second kappa shape index (κ2) is 10.5. The maximum Gasteiger partial charge on any atom is 0.259 e. The van der Waals surface area contributed by atoms with Gasteiger partial charge in [-0.2, -0.15) is 11.3 Å². The number of pyridine rings is 1. The number of aromatic nitrogens is 3. The van der Waals surface area contributed by atoms with Crippen LogP contribution in [-0.4, -0.2) is 50.7 Å². The third kappa shape index (κ3) is 6.03. The molecular formula is C24H29N5O2S3. The van der Waals surface area contributed by atoms with Crippen LogP contribution in [0.25, 0.3) is 0 Å². The Bertz CT molecular complexity index is 1150. The molecule has 1 N–H and O–H groups in total. The van der Waals surface area contributed by atoms with E-state index in [9.17, 15) is 9.59 Å². The molecule has 0 atom stereocenters. The quantitative estimate of drug-likeness (QED) is 0.445. The lowest BCUT2D eigenvalue weighted by Gasteiger charge is -2.32. The molecule has 0 aromatic carbocycles. The number of anilines is 1. The zero-order valence-corrected chi connectivity index (χ0v) is 22.3. The molecule has 180 valence electrons. The van der Waals surface area contributed by atoms with Gasteiger partial charge in [-0.1, -0.05) is 32.1 Å². The number of likely N-dealkylation sites (tertiary alicyclic amines) is 1. The highest BCUT2D eigenvalue weighted by Gasteiger charge is 2.28. The third-order valence-corrected chi connectivity index (χ3v) is 8.76. The van der Waals surface area contributed by atoms with Crippen LogP contribution >= 0.6 is 34.4 Å². The predicted octanol–water partition coefficient (Wildman–Crippen LogP) is 5.35. The largest absolute Gasteiger partial charge is 0.342 e. The van der Waals surface area contributed by atoms with Gasteiger partial charge in [0.2, 0.25) is 11.0 Å². The molecule has 1 fully saturated rings. The van der Waals surface area contributed by atoms with Crippen molar-refractivity contribution in [1.29, 1.82) is 0 Å². The van der Waals surface area contributed by atoms with E-state index in [1.54, 1.807) is 23.1 Å². The van der Waals surface area contributed by atoms with Crippen molar-refractivity contribution < 1.29 is 9.59 Å². The summed E-state index contributed by atoms with van der Waals surface area (Å²) < 4.78 is 0. The van der Waals surface area contributed by atoms with E-state index in [1.165, 1.54) is 11.3 Å². The maximum absolute atomic E-state index is 13.1. The van der Waals surface area contributed by atoms with Gasteiger partial charge in [0.15, 0.2) is 0 Å². The Labute approximate surface area is 212 Å². The number of hydrogen-bond donors (Lipinski definition) is 1. The number of carbonyl (C=O) groups is 2. The molecule has 0 radical (unpaired) electrons. The molecule has 0 spiro atoms. The fourth-order valence-corrected chi connectivity index (χ4v) is 6.27. The fraction of sp³-hybridized carbons (Fsp3) is 0.458. The van der Waals surface area contributed by atoms with E-state index in [0.29, 0.717) is 29.5 Å². The molecule has 3 aromatic rings. The van der Waals surface area contributed by atoms with Crippen LogP contribution in [0.4, 0.5) is 5.13 Å². The number of nitrogens with zero attached hydrogens (tertiary/aromatic N) is 4. The zero-order valence-electron chi connectivity index (χ0n) is 19.8. The Morgan fingerprint density at radius 3 is 2.59 bits per heavy atom. The minimum atomic E-state index is -0.218. The molecule has 0 unspecified atom stereocenters. The Morgan fingerprint density at radius 1 is 1.18 bits per heavy atom. The summed E-state index contributed by atoms with van der Waals surface area (Å²) in [7, 11) is 0. The van der Waals surface area contributed by atoms with Crippen molar-refractivity contribution in [1.82, 2.24) is 20.1 Å². The summed E-state index contributed by atoms with van der Waals surface area (Å²) in [6.07, 6.45) is 1.58. The highest BCUT2D eigenvalue weighted by molar-refractivity contribution is 8.00. The van der Waals surface area contributed by atoms with E-state index >= 15 is 0 Å². The van der Waals surface area contributed by atoms with E-state index in [2.05, 4.69) is 41.7 Å². The first-order valence-electron chi connectivity index (χ1n) is 11.3. The molecule has 10 heteroatoms. The molecule has 7 nitrogen and oxygen atoms in total. The van der Waals surface area contributed by atoms with Gasteiger partial charge in [-0.25, -0.2) is 0 Å². The number of hydrogen-bond acceptors (Lipinski definition) is 8. The summed E-state index contributed by atoms with van der Waals surface area (Å²) in [5, 5.41) is 16.7. The average Bonchev–Trinajstić information content (AvgIpc) is 3.49. The third-order valence-electron chi connectivity index (χ3n) is 5.69. The van der Waals surface area contributed by atoms with Crippen LogP contribution in [0.2, 0.25) is 0 Å². The molecular weight excluding hydrogens is 486 g/mol. The number of amides is 2. The number of nitrogens with one attached hydrogen (secondary N) is 1. The second-order valence-electron chi connectivity index (χ2n) is 9.40. The van der Waals surface area contributed by atoms with Crippen LogP contribution in [0.15, 0.2) is 33.9 Å². The van der Waals surface area contributed by atoms with Crippen molar-refractivity contribution in [2.75, 3.05) is 24.2 Å². The Morgan fingerprint density at radius 2 is 1.94 bits per heavy atom. The number of thioether (sulfide) groups is 1. The minimum Gasteiger partial charge on any atom is -0.342 e. The number of piperidine rings is 1. The van der Waals surface area contributed by atoms with Crippen molar-refractivity contribution >= 4 is 51.4 Å². The normalized spacial score (nSPS) is 14.9. The Hall–Kier alpha value is -2.30. The van der Waals surface area contributed by atoms with Crippen molar-refractivity contribution in [3.63, 3.8) is 0 Å². The average molecular weight is 516 g/mol. The van der Waals surface area contributed by atoms with E-state index < -0.39 is 0 Å². The van der Waals surface area contributed by atoms with Crippen LogP contribution < -0.4 is 5.32 Å². The molecule has 2 amide bonds. The van der Waals surface area contributed by atoms with E-state index in [0.717, 1.165) is 34.1 Å². The van der Waals surface area contributed by atoms with Gasteiger partial charge in [-0.15, -0.1) is 22.0 Å². The molecule has 1 aliphatic heterocycles. The lowest BCUT2D eigenvalue weighted by Crippen LogP contribution is -2.39. The molecule has 1 saturated heterocycles. The molecule has 3 aromatic heterocycles. The number of thiophene rings is 1. The van der Waals surface area contributed by atoms with Gasteiger partial charge in [0, 0.05) is 40.4 Å². The first-order valence-corrected chi connectivity index (χ1v) is 14.0. The lowest BCUT2D eigenvalue weighted by atomic mass is 9.90. The van der Waals surface area contributed by atoms with Crippen molar-refractivity contribution in [2.24, 2.45) is 0 Å². The topological polar surface area (TPSA) is 88.1 Å². The molecule has 4 rings (SSSR count). The van der Waals surface area contributed by atoms with Crippen LogP contribution in [0.5, 0.6) is 0 Å². The van der Waals surface area contributed by atoms with Gasteiger partial charge in [-0.3, -0.25) is 19.9 Å². The van der Waals surface area contributed by atoms with Crippen LogP contribution in [0.1, 0.15) is 66.3 Å². The first-order chi connectivity index (χ1) is 16.2. The van der Waals surface area contributed by atoms with Gasteiger partial charge < -0.3 is 4.90 Å². The van der Waals surface area contributed by atoms with Crippen LogP contribution in [0, 0.1) is 6.92 Å². The standard InChI is InChI=1S/C24H29N5O2S3/c1-15-5-6-18(21(31)26-23-28-27-22(34-23)24(2,3)4)20(25-15)16-7-10-29(11-8-16)19(30)14-33-17-9-12-32-13-17/h5-6,9,12-13,16H,7-8,10-11,14H2,1-4H3,(H,26,28,31). The summed E-state index contributed by atoms with van der Waals surface area (Å²) in [6.45, 7) is 9.49. The molecule has 0 bridgehead atoms. The van der Waals surface area contributed by atoms with Gasteiger partial charge in [0.25, 0.3) is 5.91 Å². The second-order valence-corrected chi connectivity index (χ2v) is 12.2. The number of aryl methyl sites for hydroxylation is 1. The van der Waals surface area contributed by atoms with E-state index in [-0.39, 0.29) is 23.1 Å². The SMILES string of the molecule is Cc1ccc(C(=O)Nc2nnc(C(C)(C)C)s2)c(C2CCN(C(=O)CSc3ccsc3)CC2)n1.